The summed E-state index contributed by atoms with van der Waals surface area (Å²) in [5.74, 6) is 0. The highest BCUT2D eigenvalue weighted by Gasteiger charge is 2.18. The van der Waals surface area contributed by atoms with Gasteiger partial charge < -0.3 is 5.32 Å². The lowest BCUT2D eigenvalue weighted by molar-refractivity contribution is -0.384. The van der Waals surface area contributed by atoms with Gasteiger partial charge in [-0.2, -0.15) is 0 Å². The van der Waals surface area contributed by atoms with Gasteiger partial charge in [0.15, 0.2) is 0 Å². The predicted octanol–water partition coefficient (Wildman–Crippen LogP) is 1.02. The smallest absolute Gasteiger partial charge is 0.269 e. The summed E-state index contributed by atoms with van der Waals surface area (Å²) in [6.07, 6.45) is 2.94. The molecule has 0 unspecified atom stereocenters. The van der Waals surface area contributed by atoms with E-state index < -0.39 is 14.9 Å². The molecule has 0 aromatic heterocycles. The second-order valence-electron chi connectivity index (χ2n) is 4.73. The maximum Gasteiger partial charge on any atom is 0.269 e. The first kappa shape index (κ1) is 14.9. The van der Waals surface area contributed by atoms with Crippen molar-refractivity contribution in [1.29, 1.82) is 0 Å². The van der Waals surface area contributed by atoms with Crippen LogP contribution < -0.4 is 10.0 Å². The molecule has 0 aliphatic carbocycles. The third kappa shape index (κ3) is 3.75. The molecule has 1 aromatic rings. The largest absolute Gasteiger partial charge is 0.314 e. The summed E-state index contributed by atoms with van der Waals surface area (Å²) in [4.78, 5) is 10.00. The van der Waals surface area contributed by atoms with Crippen molar-refractivity contribution in [2.75, 3.05) is 13.1 Å². The van der Waals surface area contributed by atoms with Crippen molar-refractivity contribution in [3.8, 4) is 0 Å². The molecule has 1 aliphatic rings. The van der Waals surface area contributed by atoms with Crippen molar-refractivity contribution in [2.24, 2.45) is 0 Å². The molecule has 7 nitrogen and oxygen atoms in total. The van der Waals surface area contributed by atoms with E-state index in [0.717, 1.165) is 25.8 Å². The van der Waals surface area contributed by atoms with Crippen molar-refractivity contribution in [3.05, 3.63) is 34.4 Å². The van der Waals surface area contributed by atoms with Gasteiger partial charge in [0.1, 0.15) is 0 Å². The molecule has 1 aliphatic heterocycles. The Kier molecular flexibility index (Phi) is 4.69. The average molecular weight is 299 g/mol. The number of hydrogen-bond donors (Lipinski definition) is 2. The van der Waals surface area contributed by atoms with Crippen LogP contribution in [0.5, 0.6) is 0 Å². The highest BCUT2D eigenvalue weighted by Crippen LogP contribution is 2.16. The van der Waals surface area contributed by atoms with Crippen LogP contribution in [0.1, 0.15) is 19.3 Å². The molecule has 0 radical (unpaired) electrons. The van der Waals surface area contributed by atoms with E-state index in [1.54, 1.807) is 0 Å². The van der Waals surface area contributed by atoms with Crippen molar-refractivity contribution in [2.45, 2.75) is 30.2 Å². The number of non-ortho nitro benzene ring substituents is 1. The molecule has 8 heteroatoms. The topological polar surface area (TPSA) is 101 Å². The van der Waals surface area contributed by atoms with Crippen molar-refractivity contribution in [1.82, 2.24) is 10.0 Å². The first-order chi connectivity index (χ1) is 9.49. The van der Waals surface area contributed by atoms with Gasteiger partial charge in [-0.15, -0.1) is 0 Å². The van der Waals surface area contributed by atoms with Crippen molar-refractivity contribution >= 4 is 15.7 Å². The Morgan fingerprint density at radius 3 is 2.60 bits per heavy atom. The van der Waals surface area contributed by atoms with E-state index in [4.69, 9.17) is 0 Å². The highest BCUT2D eigenvalue weighted by molar-refractivity contribution is 7.89. The molecule has 110 valence electrons. The Morgan fingerprint density at radius 1 is 1.35 bits per heavy atom. The number of nitrogens with one attached hydrogen (secondary N) is 2. The lowest BCUT2D eigenvalue weighted by Gasteiger charge is -2.11. The molecule has 0 saturated carbocycles. The summed E-state index contributed by atoms with van der Waals surface area (Å²) in [6.45, 7) is 1.34. The lowest BCUT2D eigenvalue weighted by Crippen LogP contribution is -2.30. The molecule has 1 saturated heterocycles. The zero-order chi connectivity index (χ0) is 14.6. The van der Waals surface area contributed by atoms with Gasteiger partial charge >= 0.3 is 0 Å². The molecular formula is C12H17N3O4S. The Morgan fingerprint density at radius 2 is 2.05 bits per heavy atom. The van der Waals surface area contributed by atoms with Crippen LogP contribution in [0.2, 0.25) is 0 Å². The Bertz CT molecular complexity index is 565. The van der Waals surface area contributed by atoms with E-state index in [2.05, 4.69) is 10.0 Å². The quantitative estimate of drug-likeness (QED) is 0.603. The molecule has 1 fully saturated rings. The molecular weight excluding hydrogens is 282 g/mol. The Balaban J connectivity index is 1.93. The predicted molar refractivity (Wildman–Crippen MR) is 73.9 cm³/mol. The zero-order valence-electron chi connectivity index (χ0n) is 10.9. The minimum Gasteiger partial charge on any atom is -0.314 e. The molecule has 0 bridgehead atoms. The van der Waals surface area contributed by atoms with Crippen LogP contribution in [-0.2, 0) is 10.0 Å². The fraction of sp³-hybridized carbons (Fsp3) is 0.500. The van der Waals surface area contributed by atoms with E-state index in [9.17, 15) is 18.5 Å². The summed E-state index contributed by atoms with van der Waals surface area (Å²) in [6, 6.07) is 5.23. The molecule has 20 heavy (non-hydrogen) atoms. The van der Waals surface area contributed by atoms with E-state index in [1.165, 1.54) is 24.3 Å². The third-order valence-electron chi connectivity index (χ3n) is 3.31. The molecule has 2 N–H and O–H groups in total. The highest BCUT2D eigenvalue weighted by atomic mass is 32.2. The average Bonchev–Trinajstić information content (AvgIpc) is 2.92. The second-order valence-corrected chi connectivity index (χ2v) is 6.50. The van der Waals surface area contributed by atoms with Crippen molar-refractivity contribution < 1.29 is 13.3 Å². The fourth-order valence-electron chi connectivity index (χ4n) is 2.20. The van der Waals surface area contributed by atoms with Gasteiger partial charge in [-0.1, -0.05) is 0 Å². The van der Waals surface area contributed by atoms with Crippen LogP contribution in [0.3, 0.4) is 0 Å². The Hall–Kier alpha value is -1.51. The third-order valence-corrected chi connectivity index (χ3v) is 4.78. The first-order valence-electron chi connectivity index (χ1n) is 6.46. The SMILES string of the molecule is O=[N+]([O-])c1ccc(S(=O)(=O)NCC[C@@H]2CCCN2)cc1. The van der Waals surface area contributed by atoms with Crippen LogP contribution in [0, 0.1) is 10.1 Å². The normalized spacial score (nSPS) is 19.1. The molecule has 2 rings (SSSR count). The standard InChI is InChI=1S/C12H17N3O4S/c16-15(17)11-3-5-12(6-4-11)20(18,19)14-9-7-10-2-1-8-13-10/h3-6,10,13-14H,1-2,7-9H2/t10-/m0/s1. The molecule has 0 amide bonds. The number of nitro benzene ring substituents is 1. The zero-order valence-corrected chi connectivity index (χ0v) is 11.7. The molecule has 1 atom stereocenters. The second kappa shape index (κ2) is 6.29. The molecule has 1 aromatic carbocycles. The van der Waals surface area contributed by atoms with Gasteiger partial charge in [0, 0.05) is 24.7 Å². The van der Waals surface area contributed by atoms with Crippen LogP contribution in [0.4, 0.5) is 5.69 Å². The number of nitro groups is 1. The van der Waals surface area contributed by atoms with Crippen LogP contribution in [0.25, 0.3) is 0 Å². The van der Waals surface area contributed by atoms with Crippen LogP contribution in [-0.4, -0.2) is 32.5 Å². The van der Waals surface area contributed by atoms with Crippen LogP contribution >= 0.6 is 0 Å². The van der Waals surface area contributed by atoms with Gasteiger partial charge in [0.05, 0.1) is 9.82 Å². The maximum absolute atomic E-state index is 12.0. The molecule has 0 spiro atoms. The number of sulfonamides is 1. The number of nitrogens with zero attached hydrogens (tertiary/aromatic N) is 1. The minimum atomic E-state index is -3.59. The van der Waals surface area contributed by atoms with Crippen LogP contribution in [0.15, 0.2) is 29.2 Å². The summed E-state index contributed by atoms with van der Waals surface area (Å²) in [5, 5.41) is 13.8. The number of rotatable bonds is 6. The number of hydrogen-bond acceptors (Lipinski definition) is 5. The van der Waals surface area contributed by atoms with Gasteiger partial charge in [0.25, 0.3) is 5.69 Å². The summed E-state index contributed by atoms with van der Waals surface area (Å²) in [5.41, 5.74) is -0.126. The molecule has 1 heterocycles. The first-order valence-corrected chi connectivity index (χ1v) is 7.95. The van der Waals surface area contributed by atoms with Crippen molar-refractivity contribution in [3.63, 3.8) is 0 Å². The minimum absolute atomic E-state index is 0.0440. The fourth-order valence-corrected chi connectivity index (χ4v) is 3.25. The van der Waals surface area contributed by atoms with Gasteiger partial charge in [-0.25, -0.2) is 13.1 Å². The number of benzene rings is 1. The Labute approximate surface area is 117 Å². The van der Waals surface area contributed by atoms with Gasteiger partial charge in [-0.3, -0.25) is 10.1 Å². The van der Waals surface area contributed by atoms with E-state index in [-0.39, 0.29) is 10.6 Å². The lowest BCUT2D eigenvalue weighted by atomic mass is 10.2. The summed E-state index contributed by atoms with van der Waals surface area (Å²) in [7, 11) is -3.59. The monoisotopic (exact) mass is 299 g/mol. The van der Waals surface area contributed by atoms with E-state index in [1.807, 2.05) is 0 Å². The van der Waals surface area contributed by atoms with Gasteiger partial charge in [0.2, 0.25) is 10.0 Å². The van der Waals surface area contributed by atoms with E-state index >= 15 is 0 Å². The van der Waals surface area contributed by atoms with Gasteiger partial charge in [-0.05, 0) is 37.9 Å². The maximum atomic E-state index is 12.0. The summed E-state index contributed by atoms with van der Waals surface area (Å²) < 4.78 is 26.5. The van der Waals surface area contributed by atoms with E-state index in [0.29, 0.717) is 12.6 Å². The summed E-state index contributed by atoms with van der Waals surface area (Å²) >= 11 is 0.